The molecule has 3 aliphatic rings. The van der Waals surface area contributed by atoms with Gasteiger partial charge in [0.2, 0.25) is 0 Å². The molecule has 5 nitrogen and oxygen atoms in total. The molecule has 4 rings (SSSR count). The monoisotopic (exact) mass is 475 g/mol. The normalized spacial score (nSPS) is 33.6. The zero-order chi connectivity index (χ0) is 17.6. The molecule has 3 unspecified atom stereocenters. The number of hydrogen-bond donors (Lipinski definition) is 1. The number of nitrogens with two attached hydrogens (primary N) is 1. The van der Waals surface area contributed by atoms with E-state index in [1.165, 1.54) is 17.5 Å². The van der Waals surface area contributed by atoms with Gasteiger partial charge in [-0.25, -0.2) is 0 Å². The van der Waals surface area contributed by atoms with Crippen LogP contribution in [-0.4, -0.2) is 5.78 Å². The van der Waals surface area contributed by atoms with Crippen LogP contribution in [0.15, 0.2) is 12.1 Å². The summed E-state index contributed by atoms with van der Waals surface area (Å²) >= 11 is 3.02. The molecule has 0 aromatic heterocycles. The number of Topliss-reactive ketones (excluding diaryl/α,β-unsaturated/α-hetero) is 1. The largest absolute Gasteiger partial charge is 0.397 e. The standard InChI is InChI=1S/C18H22INO4S/c1-18-7-6-11-12(14(18)4-5-17(18)21)3-2-10-8-16(22-25-24-23-20)15(19)9-13(10)11/h8-9,11-12,14H,2-7,20H2,1H3/t11?,12?,14?,18-/m0/s1. The van der Waals surface area contributed by atoms with Crippen LogP contribution in [0.4, 0.5) is 0 Å². The molecule has 2 saturated carbocycles. The van der Waals surface area contributed by atoms with Crippen molar-refractivity contribution in [3.8, 4) is 5.75 Å². The summed E-state index contributed by atoms with van der Waals surface area (Å²) in [5.41, 5.74) is 2.75. The highest BCUT2D eigenvalue weighted by atomic mass is 127. The molecular weight excluding hydrogens is 453 g/mol. The van der Waals surface area contributed by atoms with Crippen LogP contribution in [0.25, 0.3) is 0 Å². The van der Waals surface area contributed by atoms with E-state index in [2.05, 4.69) is 51.0 Å². The summed E-state index contributed by atoms with van der Waals surface area (Å²) < 4.78 is 11.1. The number of aryl methyl sites for hydroxylation is 1. The quantitative estimate of drug-likeness (QED) is 0.228. The van der Waals surface area contributed by atoms with Gasteiger partial charge >= 0.3 is 0 Å². The fraction of sp³-hybridized carbons (Fsp3) is 0.611. The number of ketones is 1. The van der Waals surface area contributed by atoms with Gasteiger partial charge in [-0.05, 0) is 95.7 Å². The van der Waals surface area contributed by atoms with Gasteiger partial charge in [-0.1, -0.05) is 6.92 Å². The van der Waals surface area contributed by atoms with E-state index < -0.39 is 0 Å². The number of fused-ring (bicyclic) bond motifs is 5. The van der Waals surface area contributed by atoms with Crippen LogP contribution in [0.2, 0.25) is 0 Å². The van der Waals surface area contributed by atoms with Crippen molar-refractivity contribution in [2.24, 2.45) is 23.1 Å². The van der Waals surface area contributed by atoms with E-state index in [1.807, 2.05) is 0 Å². The third-order valence-corrected chi connectivity index (χ3v) is 7.90. The number of carbonyl (C=O) groups excluding carboxylic acids is 1. The van der Waals surface area contributed by atoms with Gasteiger partial charge in [-0.15, -0.1) is 9.32 Å². The molecule has 136 valence electrons. The van der Waals surface area contributed by atoms with Crippen molar-refractivity contribution in [2.45, 2.75) is 51.4 Å². The average molecular weight is 475 g/mol. The van der Waals surface area contributed by atoms with Gasteiger partial charge < -0.3 is 4.18 Å². The van der Waals surface area contributed by atoms with Crippen molar-refractivity contribution in [2.75, 3.05) is 0 Å². The van der Waals surface area contributed by atoms with Crippen molar-refractivity contribution >= 4 is 40.7 Å². The maximum Gasteiger partial charge on any atom is 0.260 e. The minimum atomic E-state index is -0.0644. The smallest absolute Gasteiger partial charge is 0.260 e. The highest BCUT2D eigenvalue weighted by Crippen LogP contribution is 2.59. The molecule has 0 bridgehead atoms. The molecule has 2 N–H and O–H groups in total. The molecule has 0 saturated heterocycles. The van der Waals surface area contributed by atoms with Crippen LogP contribution < -0.4 is 10.1 Å². The van der Waals surface area contributed by atoms with Crippen LogP contribution in [-0.2, 0) is 20.5 Å². The van der Waals surface area contributed by atoms with E-state index in [-0.39, 0.29) is 5.41 Å². The van der Waals surface area contributed by atoms with Crippen molar-refractivity contribution in [1.29, 1.82) is 0 Å². The number of rotatable bonds is 4. The fourth-order valence-corrected chi connectivity index (χ4v) is 6.49. The SMILES string of the molecule is C[C@]12CCC3c4cc(I)c(OSOON)cc4CCC3C1CCC2=O. The Balaban J connectivity index is 1.60. The van der Waals surface area contributed by atoms with Gasteiger partial charge in [0.1, 0.15) is 5.78 Å². The third-order valence-electron chi connectivity index (χ3n) is 6.68. The highest BCUT2D eigenvalue weighted by molar-refractivity contribution is 14.1. The summed E-state index contributed by atoms with van der Waals surface area (Å²) in [6.07, 6.45) is 6.22. The van der Waals surface area contributed by atoms with Gasteiger partial charge in [0.25, 0.3) is 12.3 Å². The Kier molecular flexibility index (Phi) is 5.05. The Morgan fingerprint density at radius 1 is 1.28 bits per heavy atom. The van der Waals surface area contributed by atoms with E-state index >= 15 is 0 Å². The molecule has 1 aromatic carbocycles. The predicted molar refractivity (Wildman–Crippen MR) is 103 cm³/mol. The third kappa shape index (κ3) is 3.01. The molecule has 2 fully saturated rings. The first-order valence-electron chi connectivity index (χ1n) is 8.77. The van der Waals surface area contributed by atoms with Gasteiger partial charge in [0, 0.05) is 11.8 Å². The van der Waals surface area contributed by atoms with Crippen molar-refractivity contribution in [3.05, 3.63) is 26.8 Å². The summed E-state index contributed by atoms with van der Waals surface area (Å²) in [7, 11) is 0. The molecule has 7 heteroatoms. The molecular formula is C18H22INO4S. The predicted octanol–water partition coefficient (Wildman–Crippen LogP) is 4.48. The Labute approximate surface area is 165 Å². The Morgan fingerprint density at radius 2 is 2.12 bits per heavy atom. The van der Waals surface area contributed by atoms with Gasteiger partial charge in [0.05, 0.1) is 3.57 Å². The number of halogens is 1. The molecule has 25 heavy (non-hydrogen) atoms. The molecule has 0 aliphatic heterocycles. The van der Waals surface area contributed by atoms with Crippen LogP contribution in [0, 0.1) is 20.8 Å². The van der Waals surface area contributed by atoms with Crippen LogP contribution in [0.5, 0.6) is 5.75 Å². The summed E-state index contributed by atoms with van der Waals surface area (Å²) in [4.78, 5) is 16.5. The van der Waals surface area contributed by atoms with Gasteiger partial charge in [-0.2, -0.15) is 5.90 Å². The number of hydrogen-bond acceptors (Lipinski definition) is 6. The van der Waals surface area contributed by atoms with Crippen molar-refractivity contribution in [1.82, 2.24) is 0 Å². The molecule has 4 atom stereocenters. The molecule has 1 aromatic rings. The summed E-state index contributed by atoms with van der Waals surface area (Å²) in [6.45, 7) is 2.22. The minimum absolute atomic E-state index is 0.0644. The summed E-state index contributed by atoms with van der Waals surface area (Å²) in [6, 6.07) is 4.37. The second-order valence-electron chi connectivity index (χ2n) is 7.63. The molecule has 0 heterocycles. The first-order valence-corrected chi connectivity index (χ1v) is 10.5. The zero-order valence-corrected chi connectivity index (χ0v) is 17.1. The van der Waals surface area contributed by atoms with Crippen LogP contribution in [0.3, 0.4) is 0 Å². The fourth-order valence-electron chi connectivity index (χ4n) is 5.47. The van der Waals surface area contributed by atoms with Crippen LogP contribution in [0.1, 0.15) is 56.1 Å². The van der Waals surface area contributed by atoms with Gasteiger partial charge in [-0.3, -0.25) is 4.79 Å². The Hall–Kier alpha value is -0.350. The second-order valence-corrected chi connectivity index (χ2v) is 9.23. The average Bonchev–Trinajstić information content (AvgIpc) is 2.91. The molecule has 0 spiro atoms. The van der Waals surface area contributed by atoms with E-state index in [9.17, 15) is 4.79 Å². The Morgan fingerprint density at radius 3 is 2.92 bits per heavy atom. The maximum atomic E-state index is 12.4. The van der Waals surface area contributed by atoms with E-state index in [1.54, 1.807) is 0 Å². The number of benzene rings is 1. The van der Waals surface area contributed by atoms with Crippen molar-refractivity contribution < 1.29 is 18.3 Å². The topological polar surface area (TPSA) is 70.8 Å². The van der Waals surface area contributed by atoms with Crippen LogP contribution >= 0.6 is 34.9 Å². The van der Waals surface area contributed by atoms with Gasteiger partial charge in [0.15, 0.2) is 5.75 Å². The maximum absolute atomic E-state index is 12.4. The first-order chi connectivity index (χ1) is 12.0. The van der Waals surface area contributed by atoms with E-state index in [0.717, 1.165) is 41.4 Å². The highest BCUT2D eigenvalue weighted by Gasteiger charge is 2.54. The number of carbonyl (C=O) groups is 1. The van der Waals surface area contributed by atoms with E-state index in [0.29, 0.717) is 35.9 Å². The van der Waals surface area contributed by atoms with Crippen molar-refractivity contribution in [3.63, 3.8) is 0 Å². The lowest BCUT2D eigenvalue weighted by atomic mass is 9.55. The first kappa shape index (κ1) is 18.0. The second kappa shape index (κ2) is 6.99. The minimum Gasteiger partial charge on any atom is -0.397 e. The lowest BCUT2D eigenvalue weighted by Crippen LogP contribution is -2.42. The summed E-state index contributed by atoms with van der Waals surface area (Å²) in [5, 5.41) is 0. The molecule has 0 amide bonds. The molecule has 0 radical (unpaired) electrons. The van der Waals surface area contributed by atoms with E-state index in [4.69, 9.17) is 10.1 Å². The molecule has 3 aliphatic carbocycles. The summed E-state index contributed by atoms with van der Waals surface area (Å²) in [5.74, 6) is 7.88. The lowest BCUT2D eigenvalue weighted by molar-refractivity contribution is -0.199. The zero-order valence-electron chi connectivity index (χ0n) is 14.1. The Bertz CT molecular complexity index is 700. The lowest BCUT2D eigenvalue weighted by Gasteiger charge is -2.48.